The molecule has 6 heteroatoms. The summed E-state index contributed by atoms with van der Waals surface area (Å²) in [6, 6.07) is 7.71. The van der Waals surface area contributed by atoms with E-state index in [4.69, 9.17) is 0 Å². The minimum atomic E-state index is -0.0333. The van der Waals surface area contributed by atoms with Crippen LogP contribution in [0.4, 0.5) is 0 Å². The Kier molecular flexibility index (Phi) is 2.96. The van der Waals surface area contributed by atoms with E-state index >= 15 is 0 Å². The number of aromatic amines is 2. The number of nitrogens with one attached hydrogen (secondary N) is 2. The number of H-pyrrole nitrogens is 2. The van der Waals surface area contributed by atoms with Gasteiger partial charge in [-0.15, -0.1) is 0 Å². The van der Waals surface area contributed by atoms with Crippen molar-refractivity contribution < 1.29 is 4.79 Å². The number of rotatable bonds is 2. The number of fused-ring (bicyclic) bond motifs is 1. The SMILES string of the molecule is Cc1cnc([C@@H]2CCCN2C(=O)c2n[nH]c3ccccc23)[nH]1. The van der Waals surface area contributed by atoms with Gasteiger partial charge in [-0.2, -0.15) is 5.10 Å². The van der Waals surface area contributed by atoms with Crippen LogP contribution in [0.25, 0.3) is 10.9 Å². The van der Waals surface area contributed by atoms with Gasteiger partial charge in [-0.1, -0.05) is 18.2 Å². The molecule has 1 aromatic carbocycles. The lowest BCUT2D eigenvalue weighted by atomic mass is 10.1. The molecule has 0 bridgehead atoms. The van der Waals surface area contributed by atoms with Gasteiger partial charge in [0.1, 0.15) is 5.82 Å². The van der Waals surface area contributed by atoms with Gasteiger partial charge >= 0.3 is 0 Å². The number of imidazole rings is 1. The van der Waals surface area contributed by atoms with Crippen LogP contribution in [0, 0.1) is 6.92 Å². The quantitative estimate of drug-likeness (QED) is 0.762. The Morgan fingerprint density at radius 3 is 3.05 bits per heavy atom. The van der Waals surface area contributed by atoms with E-state index in [0.29, 0.717) is 5.69 Å². The summed E-state index contributed by atoms with van der Waals surface area (Å²) in [4.78, 5) is 22.4. The summed E-state index contributed by atoms with van der Waals surface area (Å²) >= 11 is 0. The van der Waals surface area contributed by atoms with E-state index in [9.17, 15) is 4.79 Å². The second kappa shape index (κ2) is 4.98. The van der Waals surface area contributed by atoms with Crippen LogP contribution in [-0.2, 0) is 0 Å². The largest absolute Gasteiger partial charge is 0.344 e. The Morgan fingerprint density at radius 1 is 1.36 bits per heavy atom. The average molecular weight is 295 g/mol. The first-order valence-corrected chi connectivity index (χ1v) is 7.49. The summed E-state index contributed by atoms with van der Waals surface area (Å²) in [5, 5.41) is 8.03. The fraction of sp³-hybridized carbons (Fsp3) is 0.312. The van der Waals surface area contributed by atoms with Gasteiger partial charge in [0.15, 0.2) is 5.69 Å². The highest BCUT2D eigenvalue weighted by Crippen LogP contribution is 2.32. The number of likely N-dealkylation sites (tertiary alicyclic amines) is 1. The molecule has 0 aliphatic carbocycles. The summed E-state index contributed by atoms with van der Waals surface area (Å²) in [6.45, 7) is 2.71. The van der Waals surface area contributed by atoms with Crippen molar-refractivity contribution in [3.05, 3.63) is 47.7 Å². The van der Waals surface area contributed by atoms with E-state index in [0.717, 1.165) is 41.8 Å². The number of carbonyl (C=O) groups is 1. The van der Waals surface area contributed by atoms with Gasteiger partial charge in [0.05, 0.1) is 11.6 Å². The summed E-state index contributed by atoms with van der Waals surface area (Å²) in [7, 11) is 0. The highest BCUT2D eigenvalue weighted by molar-refractivity contribution is 6.04. The fourth-order valence-corrected chi connectivity index (χ4v) is 3.16. The fourth-order valence-electron chi connectivity index (χ4n) is 3.16. The minimum Gasteiger partial charge on any atom is -0.344 e. The normalized spacial score (nSPS) is 18.2. The molecular formula is C16H17N5O. The summed E-state index contributed by atoms with van der Waals surface area (Å²) in [6.07, 6.45) is 3.72. The molecule has 1 saturated heterocycles. The molecule has 112 valence electrons. The molecule has 22 heavy (non-hydrogen) atoms. The summed E-state index contributed by atoms with van der Waals surface area (Å²) < 4.78 is 0. The molecule has 2 N–H and O–H groups in total. The van der Waals surface area contributed by atoms with Gasteiger partial charge in [0, 0.05) is 23.8 Å². The van der Waals surface area contributed by atoms with Crippen LogP contribution in [0.3, 0.4) is 0 Å². The lowest BCUT2D eigenvalue weighted by Crippen LogP contribution is -2.31. The topological polar surface area (TPSA) is 77.7 Å². The monoisotopic (exact) mass is 295 g/mol. The molecule has 0 unspecified atom stereocenters. The molecule has 0 radical (unpaired) electrons. The third-order valence-electron chi connectivity index (χ3n) is 4.22. The zero-order valence-corrected chi connectivity index (χ0v) is 12.3. The van der Waals surface area contributed by atoms with E-state index < -0.39 is 0 Å². The molecular weight excluding hydrogens is 278 g/mol. The number of hydrogen-bond acceptors (Lipinski definition) is 3. The van der Waals surface area contributed by atoms with Crippen LogP contribution in [0.2, 0.25) is 0 Å². The van der Waals surface area contributed by atoms with Crippen molar-refractivity contribution in [1.29, 1.82) is 0 Å². The predicted molar refractivity (Wildman–Crippen MR) is 82.4 cm³/mol. The van der Waals surface area contributed by atoms with E-state index in [1.54, 1.807) is 6.20 Å². The molecule has 3 heterocycles. The van der Waals surface area contributed by atoms with Crippen LogP contribution in [0.1, 0.15) is 40.9 Å². The second-order valence-electron chi connectivity index (χ2n) is 5.73. The molecule has 1 fully saturated rings. The van der Waals surface area contributed by atoms with Crippen molar-refractivity contribution >= 4 is 16.8 Å². The van der Waals surface area contributed by atoms with Crippen LogP contribution in [0.5, 0.6) is 0 Å². The van der Waals surface area contributed by atoms with Crippen molar-refractivity contribution in [3.8, 4) is 0 Å². The average Bonchev–Trinajstić information content (AvgIpc) is 3.25. The summed E-state index contributed by atoms with van der Waals surface area (Å²) in [5.41, 5.74) is 2.39. The number of amides is 1. The Morgan fingerprint density at radius 2 is 2.23 bits per heavy atom. The first-order valence-electron chi connectivity index (χ1n) is 7.49. The third kappa shape index (κ3) is 1.99. The highest BCUT2D eigenvalue weighted by Gasteiger charge is 2.34. The maximum Gasteiger partial charge on any atom is 0.275 e. The van der Waals surface area contributed by atoms with Gasteiger partial charge in [0.25, 0.3) is 5.91 Å². The standard InChI is InChI=1S/C16H17N5O/c1-10-9-17-15(18-10)13-7-4-8-21(13)16(22)14-11-5-2-3-6-12(11)19-20-14/h2-3,5-6,9,13H,4,7-8H2,1H3,(H,17,18)(H,19,20)/t13-/m0/s1. The Bertz CT molecular complexity index is 834. The first kappa shape index (κ1) is 13.1. The lowest BCUT2D eigenvalue weighted by molar-refractivity contribution is 0.0726. The zero-order valence-electron chi connectivity index (χ0n) is 12.3. The second-order valence-corrected chi connectivity index (χ2v) is 5.73. The van der Waals surface area contributed by atoms with Crippen LogP contribution in [0.15, 0.2) is 30.5 Å². The number of hydrogen-bond donors (Lipinski definition) is 2. The Balaban J connectivity index is 1.69. The zero-order chi connectivity index (χ0) is 15.1. The van der Waals surface area contributed by atoms with Crippen LogP contribution < -0.4 is 0 Å². The molecule has 2 aromatic heterocycles. The molecule has 1 atom stereocenters. The van der Waals surface area contributed by atoms with E-state index in [2.05, 4.69) is 20.2 Å². The Labute approximate surface area is 127 Å². The molecule has 3 aromatic rings. The van der Waals surface area contributed by atoms with Crippen LogP contribution >= 0.6 is 0 Å². The third-order valence-corrected chi connectivity index (χ3v) is 4.22. The minimum absolute atomic E-state index is 0.0108. The lowest BCUT2D eigenvalue weighted by Gasteiger charge is -2.22. The number of para-hydroxylation sites is 1. The highest BCUT2D eigenvalue weighted by atomic mass is 16.2. The van der Waals surface area contributed by atoms with Crippen molar-refractivity contribution in [1.82, 2.24) is 25.1 Å². The van der Waals surface area contributed by atoms with E-state index in [1.807, 2.05) is 36.1 Å². The molecule has 1 aliphatic rings. The molecule has 4 rings (SSSR count). The van der Waals surface area contributed by atoms with Crippen molar-refractivity contribution in [2.75, 3.05) is 6.54 Å². The van der Waals surface area contributed by atoms with Gasteiger partial charge in [-0.05, 0) is 25.8 Å². The smallest absolute Gasteiger partial charge is 0.275 e. The molecule has 0 spiro atoms. The van der Waals surface area contributed by atoms with Crippen LogP contribution in [-0.4, -0.2) is 37.5 Å². The number of benzene rings is 1. The maximum absolute atomic E-state index is 12.9. The maximum atomic E-state index is 12.9. The molecule has 1 amide bonds. The van der Waals surface area contributed by atoms with Crippen molar-refractivity contribution in [2.24, 2.45) is 0 Å². The predicted octanol–water partition coefficient (Wildman–Crippen LogP) is 2.57. The van der Waals surface area contributed by atoms with Gasteiger partial charge < -0.3 is 9.88 Å². The van der Waals surface area contributed by atoms with E-state index in [1.165, 1.54) is 0 Å². The Hall–Kier alpha value is -2.63. The number of aromatic nitrogens is 4. The molecule has 1 aliphatic heterocycles. The van der Waals surface area contributed by atoms with Crippen molar-refractivity contribution in [2.45, 2.75) is 25.8 Å². The van der Waals surface area contributed by atoms with Gasteiger partial charge in [0.2, 0.25) is 0 Å². The van der Waals surface area contributed by atoms with E-state index in [-0.39, 0.29) is 11.9 Å². The first-order chi connectivity index (χ1) is 10.7. The summed E-state index contributed by atoms with van der Waals surface area (Å²) in [5.74, 6) is 0.831. The van der Waals surface area contributed by atoms with Gasteiger partial charge in [-0.3, -0.25) is 9.89 Å². The number of carbonyl (C=O) groups excluding carboxylic acids is 1. The number of aryl methyl sites for hydroxylation is 1. The molecule has 6 nitrogen and oxygen atoms in total. The number of nitrogens with zero attached hydrogens (tertiary/aromatic N) is 3. The van der Waals surface area contributed by atoms with Crippen molar-refractivity contribution in [3.63, 3.8) is 0 Å². The van der Waals surface area contributed by atoms with Gasteiger partial charge in [-0.25, -0.2) is 4.98 Å². The molecule has 0 saturated carbocycles.